The largest absolute Gasteiger partial charge is 0.497 e. The average molecular weight is 504 g/mol. The molecule has 0 aliphatic heterocycles. The SMILES string of the molecule is CCc1cc(F)cc(C)c1NC(Cc1ccc(-n2cc(CNc3cc(OC)ccn3)cn2)cc1)C(=O)O. The third-order valence-electron chi connectivity index (χ3n) is 6.10. The Bertz CT molecular complexity index is 1370. The van der Waals surface area contributed by atoms with Gasteiger partial charge in [0.05, 0.1) is 19.0 Å². The summed E-state index contributed by atoms with van der Waals surface area (Å²) < 4.78 is 20.8. The van der Waals surface area contributed by atoms with E-state index in [0.29, 0.717) is 30.0 Å². The molecule has 0 amide bonds. The topological polar surface area (TPSA) is 101 Å². The van der Waals surface area contributed by atoms with Crippen molar-refractivity contribution < 1.29 is 19.0 Å². The number of halogens is 1. The molecule has 192 valence electrons. The van der Waals surface area contributed by atoms with Gasteiger partial charge in [0.1, 0.15) is 23.4 Å². The van der Waals surface area contributed by atoms with Crippen LogP contribution in [0.5, 0.6) is 5.75 Å². The maximum Gasteiger partial charge on any atom is 0.326 e. The zero-order chi connectivity index (χ0) is 26.4. The molecule has 0 saturated heterocycles. The summed E-state index contributed by atoms with van der Waals surface area (Å²) >= 11 is 0. The lowest BCUT2D eigenvalue weighted by Gasteiger charge is -2.20. The molecule has 0 saturated carbocycles. The number of hydrogen-bond donors (Lipinski definition) is 3. The predicted molar refractivity (Wildman–Crippen MR) is 141 cm³/mol. The van der Waals surface area contributed by atoms with Gasteiger partial charge in [0.25, 0.3) is 0 Å². The van der Waals surface area contributed by atoms with Crippen LogP contribution in [-0.2, 0) is 24.2 Å². The van der Waals surface area contributed by atoms with E-state index >= 15 is 0 Å². The molecule has 0 spiro atoms. The Kier molecular flexibility index (Phi) is 8.02. The summed E-state index contributed by atoms with van der Waals surface area (Å²) in [5.41, 5.74) is 4.81. The molecule has 4 rings (SSSR count). The Hall–Kier alpha value is -4.40. The van der Waals surface area contributed by atoms with E-state index in [1.54, 1.807) is 37.2 Å². The molecule has 0 aliphatic rings. The van der Waals surface area contributed by atoms with E-state index in [-0.39, 0.29) is 12.2 Å². The molecule has 9 heteroatoms. The molecular weight excluding hydrogens is 473 g/mol. The molecule has 37 heavy (non-hydrogen) atoms. The molecular formula is C28H30FN5O3. The standard InChI is InChI=1S/C28H30FN5O3/c1-4-21-13-22(29)11-18(2)27(21)33-25(28(35)36)12-19-5-7-23(8-6-19)34-17-20(16-32-34)15-31-26-14-24(37-3)9-10-30-26/h5-11,13-14,16-17,25,33H,4,12,15H2,1-3H3,(H,30,31)(H,35,36). The van der Waals surface area contributed by atoms with E-state index in [2.05, 4.69) is 20.7 Å². The second-order valence-corrected chi connectivity index (χ2v) is 8.74. The van der Waals surface area contributed by atoms with Gasteiger partial charge in [-0.25, -0.2) is 18.9 Å². The number of carboxylic acid groups (broad SMARTS) is 1. The normalized spacial score (nSPS) is 11.7. The predicted octanol–water partition coefficient (Wildman–Crippen LogP) is 5.01. The number of pyridine rings is 1. The number of aliphatic carboxylic acids is 1. The molecule has 8 nitrogen and oxygen atoms in total. The second kappa shape index (κ2) is 11.6. The summed E-state index contributed by atoms with van der Waals surface area (Å²) in [7, 11) is 1.61. The summed E-state index contributed by atoms with van der Waals surface area (Å²) in [5, 5.41) is 20.6. The molecule has 3 N–H and O–H groups in total. The van der Waals surface area contributed by atoms with Crippen molar-refractivity contribution in [2.75, 3.05) is 17.7 Å². The molecule has 0 radical (unpaired) electrons. The number of carboxylic acids is 1. The molecule has 2 aromatic carbocycles. The number of rotatable bonds is 11. The zero-order valence-electron chi connectivity index (χ0n) is 21.0. The van der Waals surface area contributed by atoms with Crippen LogP contribution < -0.4 is 15.4 Å². The van der Waals surface area contributed by atoms with Gasteiger partial charge in [-0.2, -0.15) is 5.10 Å². The quantitative estimate of drug-likeness (QED) is 0.265. The molecule has 2 heterocycles. The van der Waals surface area contributed by atoms with E-state index in [9.17, 15) is 14.3 Å². The highest BCUT2D eigenvalue weighted by molar-refractivity contribution is 5.79. The van der Waals surface area contributed by atoms with Gasteiger partial charge in [0.15, 0.2) is 0 Å². The zero-order valence-corrected chi connectivity index (χ0v) is 21.0. The van der Waals surface area contributed by atoms with Crippen LogP contribution >= 0.6 is 0 Å². The van der Waals surface area contributed by atoms with Crippen LogP contribution in [0.1, 0.15) is 29.2 Å². The van der Waals surface area contributed by atoms with Gasteiger partial charge in [-0.1, -0.05) is 19.1 Å². The number of nitrogens with one attached hydrogen (secondary N) is 2. The maximum atomic E-state index is 13.8. The number of benzene rings is 2. The third kappa shape index (κ3) is 6.43. The second-order valence-electron chi connectivity index (χ2n) is 8.74. The van der Waals surface area contributed by atoms with Gasteiger partial charge in [-0.3, -0.25) is 0 Å². The number of hydrogen-bond acceptors (Lipinski definition) is 6. The van der Waals surface area contributed by atoms with Crippen LogP contribution in [-0.4, -0.2) is 39.0 Å². The van der Waals surface area contributed by atoms with Crippen molar-refractivity contribution in [3.05, 3.63) is 95.2 Å². The van der Waals surface area contributed by atoms with E-state index in [1.807, 2.05) is 43.5 Å². The molecule has 4 aromatic rings. The summed E-state index contributed by atoms with van der Waals surface area (Å²) in [4.78, 5) is 16.3. The molecule has 1 atom stereocenters. The first-order valence-electron chi connectivity index (χ1n) is 12.0. The Morgan fingerprint density at radius 2 is 1.95 bits per heavy atom. The minimum Gasteiger partial charge on any atom is -0.497 e. The van der Waals surface area contributed by atoms with Gasteiger partial charge in [0.2, 0.25) is 0 Å². The van der Waals surface area contributed by atoms with Crippen molar-refractivity contribution in [3.8, 4) is 11.4 Å². The van der Waals surface area contributed by atoms with Crippen molar-refractivity contribution in [2.24, 2.45) is 0 Å². The fourth-order valence-corrected chi connectivity index (χ4v) is 4.11. The molecule has 2 aromatic heterocycles. The first kappa shape index (κ1) is 25.7. The minimum absolute atomic E-state index is 0.275. The van der Waals surface area contributed by atoms with E-state index in [4.69, 9.17) is 4.74 Å². The molecule has 0 bridgehead atoms. The Balaban J connectivity index is 1.41. The van der Waals surface area contributed by atoms with Gasteiger partial charge >= 0.3 is 5.97 Å². The monoisotopic (exact) mass is 503 g/mol. The highest BCUT2D eigenvalue weighted by Crippen LogP contribution is 2.25. The van der Waals surface area contributed by atoms with Crippen LogP contribution in [0.3, 0.4) is 0 Å². The lowest BCUT2D eigenvalue weighted by Crippen LogP contribution is -2.32. The Labute approximate surface area is 215 Å². The summed E-state index contributed by atoms with van der Waals surface area (Å²) in [6.45, 7) is 4.24. The molecule has 1 unspecified atom stereocenters. The van der Waals surface area contributed by atoms with Crippen molar-refractivity contribution in [3.63, 3.8) is 0 Å². The van der Waals surface area contributed by atoms with Gasteiger partial charge in [0, 0.05) is 42.7 Å². The lowest BCUT2D eigenvalue weighted by molar-refractivity contribution is -0.137. The number of methoxy groups -OCH3 is 1. The van der Waals surface area contributed by atoms with Crippen LogP contribution in [0.2, 0.25) is 0 Å². The van der Waals surface area contributed by atoms with Crippen molar-refractivity contribution in [2.45, 2.75) is 39.3 Å². The summed E-state index contributed by atoms with van der Waals surface area (Å²) in [6.07, 6.45) is 6.26. The lowest BCUT2D eigenvalue weighted by atomic mass is 10.0. The van der Waals surface area contributed by atoms with Crippen molar-refractivity contribution >= 4 is 17.5 Å². The van der Waals surface area contributed by atoms with Crippen LogP contribution in [0.25, 0.3) is 5.69 Å². The van der Waals surface area contributed by atoms with Crippen molar-refractivity contribution in [1.82, 2.24) is 14.8 Å². The number of nitrogens with zero attached hydrogens (tertiary/aromatic N) is 3. The van der Waals surface area contributed by atoms with E-state index < -0.39 is 12.0 Å². The molecule has 0 aliphatic carbocycles. The van der Waals surface area contributed by atoms with Gasteiger partial charge in [-0.05, 0) is 60.4 Å². The number of ether oxygens (including phenoxy) is 1. The average Bonchev–Trinajstić information content (AvgIpc) is 3.37. The van der Waals surface area contributed by atoms with Gasteiger partial charge < -0.3 is 20.5 Å². The fraction of sp³-hybridized carbons (Fsp3) is 0.250. The van der Waals surface area contributed by atoms with E-state index in [1.165, 1.54) is 12.1 Å². The van der Waals surface area contributed by atoms with Crippen LogP contribution in [0.15, 0.2) is 67.1 Å². The number of aryl methyl sites for hydroxylation is 2. The van der Waals surface area contributed by atoms with E-state index in [0.717, 1.165) is 28.1 Å². The number of aromatic nitrogens is 3. The highest BCUT2D eigenvalue weighted by atomic mass is 19.1. The Morgan fingerprint density at radius 1 is 1.16 bits per heavy atom. The highest BCUT2D eigenvalue weighted by Gasteiger charge is 2.20. The third-order valence-corrected chi connectivity index (χ3v) is 6.10. The summed E-state index contributed by atoms with van der Waals surface area (Å²) in [5.74, 6) is 0.147. The first-order chi connectivity index (χ1) is 17.9. The number of carbonyl (C=O) groups is 1. The molecule has 0 fully saturated rings. The fourth-order valence-electron chi connectivity index (χ4n) is 4.11. The first-order valence-corrected chi connectivity index (χ1v) is 12.0. The van der Waals surface area contributed by atoms with Crippen LogP contribution in [0.4, 0.5) is 15.9 Å². The summed E-state index contributed by atoms with van der Waals surface area (Å²) in [6, 6.07) is 13.2. The van der Waals surface area contributed by atoms with Crippen molar-refractivity contribution in [1.29, 1.82) is 0 Å². The smallest absolute Gasteiger partial charge is 0.326 e. The minimum atomic E-state index is -0.968. The maximum absolute atomic E-state index is 13.8. The van der Waals surface area contributed by atoms with Crippen LogP contribution in [0, 0.1) is 12.7 Å². The number of anilines is 2. The van der Waals surface area contributed by atoms with Gasteiger partial charge in [-0.15, -0.1) is 0 Å². The Morgan fingerprint density at radius 3 is 2.65 bits per heavy atom.